The Morgan fingerprint density at radius 1 is 1.11 bits per heavy atom. The first-order valence-electron chi connectivity index (χ1n) is 9.42. The zero-order chi connectivity index (χ0) is 19.2. The summed E-state index contributed by atoms with van der Waals surface area (Å²) in [5.41, 5.74) is 4.91. The van der Waals surface area contributed by atoms with Crippen molar-refractivity contribution in [2.75, 3.05) is 16.5 Å². The molecule has 1 amide bonds. The molecule has 0 atom stereocenters. The van der Waals surface area contributed by atoms with Gasteiger partial charge in [0.15, 0.2) is 0 Å². The summed E-state index contributed by atoms with van der Waals surface area (Å²) in [5, 5.41) is 16.9. The molecule has 1 saturated carbocycles. The number of nitrogens with zero attached hydrogens (tertiary/aromatic N) is 3. The lowest BCUT2D eigenvalue weighted by Gasteiger charge is -2.11. The largest absolute Gasteiger partial charge is 0.325 e. The fraction of sp³-hybridized carbons (Fsp3) is 0.300. The number of fused-ring (bicyclic) bond motifs is 1. The van der Waals surface area contributed by atoms with Crippen molar-refractivity contribution in [2.24, 2.45) is 5.10 Å². The predicted octanol–water partition coefficient (Wildman–Crippen LogP) is 4.42. The van der Waals surface area contributed by atoms with E-state index in [9.17, 15) is 4.79 Å². The van der Waals surface area contributed by atoms with Gasteiger partial charge in [0.1, 0.15) is 0 Å². The Morgan fingerprint density at radius 3 is 2.82 bits per heavy atom. The first-order chi connectivity index (χ1) is 13.8. The van der Waals surface area contributed by atoms with Crippen LogP contribution in [0.5, 0.6) is 0 Å². The molecule has 1 aromatic heterocycles. The van der Waals surface area contributed by atoms with Gasteiger partial charge in [-0.3, -0.25) is 4.79 Å². The van der Waals surface area contributed by atoms with Gasteiger partial charge in [0.2, 0.25) is 17.0 Å². The number of hydrogen-bond donors (Lipinski definition) is 3. The third-order valence-corrected chi connectivity index (χ3v) is 5.46. The van der Waals surface area contributed by atoms with Crippen LogP contribution in [0.2, 0.25) is 0 Å². The van der Waals surface area contributed by atoms with Gasteiger partial charge in [-0.2, -0.15) is 10.1 Å². The number of benzene rings is 2. The maximum absolute atomic E-state index is 12.3. The maximum Gasteiger partial charge on any atom is 0.240 e. The van der Waals surface area contributed by atoms with E-state index < -0.39 is 0 Å². The highest BCUT2D eigenvalue weighted by molar-refractivity contribution is 7.99. The summed E-state index contributed by atoms with van der Waals surface area (Å²) >= 11 is 1.28. The van der Waals surface area contributed by atoms with Crippen molar-refractivity contribution in [1.29, 1.82) is 0 Å². The Labute approximate surface area is 167 Å². The minimum Gasteiger partial charge on any atom is -0.325 e. The van der Waals surface area contributed by atoms with Gasteiger partial charge in [-0.25, -0.2) is 10.5 Å². The van der Waals surface area contributed by atoms with Crippen molar-refractivity contribution >= 4 is 45.8 Å². The van der Waals surface area contributed by atoms with Crippen molar-refractivity contribution in [2.45, 2.75) is 37.3 Å². The molecule has 3 aromatic rings. The fourth-order valence-electron chi connectivity index (χ4n) is 3.22. The fourth-order valence-corrected chi connectivity index (χ4v) is 3.81. The third kappa shape index (κ3) is 4.69. The minimum absolute atomic E-state index is 0.0943. The summed E-state index contributed by atoms with van der Waals surface area (Å²) in [5.74, 6) is 0.632. The van der Waals surface area contributed by atoms with Crippen LogP contribution in [-0.2, 0) is 4.79 Å². The Morgan fingerprint density at radius 2 is 1.93 bits per heavy atom. The average Bonchev–Trinajstić information content (AvgIpc) is 3.20. The van der Waals surface area contributed by atoms with Gasteiger partial charge in [0.05, 0.1) is 5.75 Å². The van der Waals surface area contributed by atoms with Crippen LogP contribution in [0.4, 0.5) is 11.6 Å². The van der Waals surface area contributed by atoms with E-state index in [0.29, 0.717) is 11.1 Å². The number of carbonyl (C=O) groups excluding carboxylic acids is 1. The van der Waals surface area contributed by atoms with Crippen molar-refractivity contribution in [3.8, 4) is 0 Å². The van der Waals surface area contributed by atoms with Crippen LogP contribution in [0.3, 0.4) is 0 Å². The molecular formula is C20H22N6OS. The van der Waals surface area contributed by atoms with E-state index in [1.807, 2.05) is 42.5 Å². The zero-order valence-corrected chi connectivity index (χ0v) is 16.3. The van der Waals surface area contributed by atoms with Gasteiger partial charge in [0, 0.05) is 16.8 Å². The molecule has 2 aromatic carbocycles. The molecule has 28 heavy (non-hydrogen) atoms. The van der Waals surface area contributed by atoms with Gasteiger partial charge in [-0.1, -0.05) is 54.6 Å². The molecule has 3 N–H and O–H groups in total. The molecule has 0 aliphatic heterocycles. The van der Waals surface area contributed by atoms with Gasteiger partial charge in [0.25, 0.3) is 0 Å². The van der Waals surface area contributed by atoms with E-state index in [-0.39, 0.29) is 11.7 Å². The van der Waals surface area contributed by atoms with Crippen LogP contribution in [-0.4, -0.2) is 32.6 Å². The first-order valence-corrected chi connectivity index (χ1v) is 10.4. The molecule has 144 valence electrons. The van der Waals surface area contributed by atoms with Crippen molar-refractivity contribution in [3.05, 3.63) is 42.5 Å². The number of H-pyrrole nitrogens is 1. The second-order valence-electron chi connectivity index (χ2n) is 6.68. The molecule has 0 saturated heterocycles. The van der Waals surface area contributed by atoms with E-state index in [2.05, 4.69) is 31.0 Å². The Bertz CT molecular complexity index is 986. The van der Waals surface area contributed by atoms with Gasteiger partial charge < -0.3 is 5.32 Å². The lowest BCUT2D eigenvalue weighted by Crippen LogP contribution is -2.14. The molecule has 0 spiro atoms. The second-order valence-corrected chi connectivity index (χ2v) is 7.62. The van der Waals surface area contributed by atoms with Gasteiger partial charge >= 0.3 is 0 Å². The monoisotopic (exact) mass is 394 g/mol. The van der Waals surface area contributed by atoms with Crippen LogP contribution >= 0.6 is 11.8 Å². The van der Waals surface area contributed by atoms with Crippen LogP contribution in [0.1, 0.15) is 32.1 Å². The summed E-state index contributed by atoms with van der Waals surface area (Å²) < 4.78 is 0. The predicted molar refractivity (Wildman–Crippen MR) is 114 cm³/mol. The molecule has 1 heterocycles. The Hall–Kier alpha value is -2.87. The zero-order valence-electron chi connectivity index (χ0n) is 15.4. The SMILES string of the molecule is O=C(CSc1n[nH]c(NN=C2CCCCC2)n1)Nc1cccc2ccccc12. The first kappa shape index (κ1) is 18.5. The average molecular weight is 395 g/mol. The highest BCUT2D eigenvalue weighted by atomic mass is 32.2. The number of rotatable bonds is 6. The molecule has 1 fully saturated rings. The molecule has 0 bridgehead atoms. The number of hydrogen-bond acceptors (Lipinski definition) is 6. The summed E-state index contributed by atoms with van der Waals surface area (Å²) in [4.78, 5) is 16.7. The second kappa shape index (κ2) is 8.88. The molecule has 0 unspecified atom stereocenters. The number of nitrogens with one attached hydrogen (secondary N) is 3. The van der Waals surface area contributed by atoms with E-state index >= 15 is 0 Å². The van der Waals surface area contributed by atoms with Crippen molar-refractivity contribution < 1.29 is 4.79 Å². The number of thioether (sulfide) groups is 1. The summed E-state index contributed by atoms with van der Waals surface area (Å²) in [6, 6.07) is 13.8. The lowest BCUT2D eigenvalue weighted by atomic mass is 9.99. The molecule has 1 aliphatic rings. The normalized spacial score (nSPS) is 14.1. The van der Waals surface area contributed by atoms with Crippen LogP contribution < -0.4 is 10.7 Å². The van der Waals surface area contributed by atoms with E-state index in [4.69, 9.17) is 0 Å². The molecule has 1 aliphatic carbocycles. The molecule has 0 radical (unpaired) electrons. The standard InChI is InChI=1S/C20H22N6OS/c27-18(21-17-12-6-8-14-7-4-5-11-16(14)17)13-28-20-22-19(25-26-20)24-23-15-9-2-1-3-10-15/h4-8,11-12H,1-3,9-10,13H2,(H,21,27)(H2,22,24,25,26). The van der Waals surface area contributed by atoms with Gasteiger partial charge in [-0.15, -0.1) is 5.10 Å². The highest BCUT2D eigenvalue weighted by Crippen LogP contribution is 2.23. The molecule has 8 heteroatoms. The number of aromatic amines is 1. The molecule has 7 nitrogen and oxygen atoms in total. The maximum atomic E-state index is 12.3. The van der Waals surface area contributed by atoms with Crippen LogP contribution in [0.25, 0.3) is 10.8 Å². The smallest absolute Gasteiger partial charge is 0.240 e. The highest BCUT2D eigenvalue weighted by Gasteiger charge is 2.10. The molecular weight excluding hydrogens is 372 g/mol. The van der Waals surface area contributed by atoms with Crippen molar-refractivity contribution in [3.63, 3.8) is 0 Å². The van der Waals surface area contributed by atoms with E-state index in [1.165, 1.54) is 36.7 Å². The van der Waals surface area contributed by atoms with Crippen LogP contribution in [0.15, 0.2) is 52.7 Å². The number of aromatic nitrogens is 3. The number of amides is 1. The Kier molecular flexibility index (Phi) is 5.86. The number of anilines is 2. The van der Waals surface area contributed by atoms with Crippen molar-refractivity contribution in [1.82, 2.24) is 15.2 Å². The molecule has 4 rings (SSSR count). The van der Waals surface area contributed by atoms with Crippen LogP contribution in [0, 0.1) is 0 Å². The number of carbonyl (C=O) groups is 1. The summed E-state index contributed by atoms with van der Waals surface area (Å²) in [6.07, 6.45) is 5.75. The summed E-state index contributed by atoms with van der Waals surface area (Å²) in [6.45, 7) is 0. The topological polar surface area (TPSA) is 95.1 Å². The Balaban J connectivity index is 1.31. The third-order valence-electron chi connectivity index (χ3n) is 4.61. The number of hydrazone groups is 1. The van der Waals surface area contributed by atoms with Gasteiger partial charge in [-0.05, 0) is 37.1 Å². The minimum atomic E-state index is -0.0943. The quantitative estimate of drug-likeness (QED) is 0.425. The lowest BCUT2D eigenvalue weighted by molar-refractivity contribution is -0.113. The summed E-state index contributed by atoms with van der Waals surface area (Å²) in [7, 11) is 0. The van der Waals surface area contributed by atoms with E-state index in [0.717, 1.165) is 29.3 Å². The van der Waals surface area contributed by atoms with E-state index in [1.54, 1.807) is 0 Å².